The van der Waals surface area contributed by atoms with E-state index in [0.717, 1.165) is 24.3 Å². The summed E-state index contributed by atoms with van der Waals surface area (Å²) in [7, 11) is 0. The van der Waals surface area contributed by atoms with Crippen molar-refractivity contribution in [2.45, 2.75) is 27.3 Å². The van der Waals surface area contributed by atoms with Crippen molar-refractivity contribution in [3.8, 4) is 0 Å². The summed E-state index contributed by atoms with van der Waals surface area (Å²) >= 11 is 0. The van der Waals surface area contributed by atoms with E-state index in [4.69, 9.17) is 0 Å². The molecule has 138 valence electrons. The van der Waals surface area contributed by atoms with Crippen molar-refractivity contribution in [1.29, 1.82) is 0 Å². The molecule has 3 nitrogen and oxygen atoms in total. The quantitative estimate of drug-likeness (QED) is 0.429. The van der Waals surface area contributed by atoms with Gasteiger partial charge < -0.3 is 4.90 Å². The molecule has 0 aromatic heterocycles. The summed E-state index contributed by atoms with van der Waals surface area (Å²) in [4.78, 5) is 2.36. The summed E-state index contributed by atoms with van der Waals surface area (Å²) in [5.41, 5.74) is 10.3. The Balaban J connectivity index is 1.62. The molecule has 0 aliphatic rings. The topological polar surface area (TPSA) is 27.6 Å². The van der Waals surface area contributed by atoms with Crippen LogP contribution in [-0.2, 0) is 6.54 Å². The molecule has 0 aliphatic heterocycles. The molecule has 0 saturated heterocycles. The van der Waals surface area contributed by atoms with Gasteiger partial charge in [-0.25, -0.2) is 0 Å². The van der Waals surface area contributed by atoms with Crippen molar-refractivity contribution in [1.82, 2.24) is 0 Å². The van der Waals surface area contributed by atoms with Gasteiger partial charge in [-0.15, -0.1) is 0 Å². The normalized spacial score (nSPS) is 10.9. The molecule has 1 N–H and O–H groups in total. The molecule has 0 atom stereocenters. The zero-order valence-electron chi connectivity index (χ0n) is 16.3. The van der Waals surface area contributed by atoms with Crippen molar-refractivity contribution in [2.24, 2.45) is 5.10 Å². The third kappa shape index (κ3) is 5.20. The Kier molecular flexibility index (Phi) is 6.26. The van der Waals surface area contributed by atoms with Crippen molar-refractivity contribution in [2.75, 3.05) is 16.9 Å². The van der Waals surface area contributed by atoms with Gasteiger partial charge in [0.1, 0.15) is 0 Å². The maximum Gasteiger partial charge on any atom is 0.0564 e. The van der Waals surface area contributed by atoms with Crippen LogP contribution in [0.5, 0.6) is 0 Å². The second-order valence-electron chi connectivity index (χ2n) is 6.76. The smallest absolute Gasteiger partial charge is 0.0564 e. The van der Waals surface area contributed by atoms with Crippen molar-refractivity contribution in [3.63, 3.8) is 0 Å². The van der Waals surface area contributed by atoms with Crippen molar-refractivity contribution >= 4 is 17.6 Å². The zero-order valence-corrected chi connectivity index (χ0v) is 16.3. The number of rotatable bonds is 7. The van der Waals surface area contributed by atoms with Crippen LogP contribution in [0.15, 0.2) is 77.9 Å². The summed E-state index contributed by atoms with van der Waals surface area (Å²) in [5, 5.41) is 4.36. The minimum atomic E-state index is 0.916. The Hall–Kier alpha value is -3.07. The van der Waals surface area contributed by atoms with Gasteiger partial charge in [-0.1, -0.05) is 48.5 Å². The van der Waals surface area contributed by atoms with Crippen LogP contribution in [0.2, 0.25) is 0 Å². The van der Waals surface area contributed by atoms with Crippen LogP contribution in [0.1, 0.15) is 29.2 Å². The molecule has 0 bridgehead atoms. The first-order chi connectivity index (χ1) is 13.2. The van der Waals surface area contributed by atoms with Crippen LogP contribution in [-0.4, -0.2) is 12.8 Å². The second-order valence-corrected chi connectivity index (χ2v) is 6.76. The first-order valence-corrected chi connectivity index (χ1v) is 9.41. The van der Waals surface area contributed by atoms with Gasteiger partial charge in [-0.2, -0.15) is 5.10 Å². The first kappa shape index (κ1) is 18.7. The number of nitrogens with one attached hydrogen (secondary N) is 1. The van der Waals surface area contributed by atoms with Gasteiger partial charge in [-0.05, 0) is 67.3 Å². The second kappa shape index (κ2) is 9.04. The molecule has 3 aromatic rings. The molecular weight excluding hydrogens is 330 g/mol. The standard InChI is InChI=1S/C24H27N3/c1-4-27(18-22-8-6-5-7-9-22)24-14-11-21(12-15-24)17-25-26-23-13-10-19(2)20(3)16-23/h5-17,26H,4,18H2,1-3H3/b25-17+. The number of nitrogens with zero attached hydrogens (tertiary/aromatic N) is 2. The van der Waals surface area contributed by atoms with Gasteiger partial charge in [0.05, 0.1) is 11.9 Å². The number of anilines is 2. The third-order valence-electron chi connectivity index (χ3n) is 4.77. The van der Waals surface area contributed by atoms with Crippen LogP contribution in [0.3, 0.4) is 0 Å². The predicted molar refractivity (Wildman–Crippen MR) is 117 cm³/mol. The molecule has 0 amide bonds. The number of aryl methyl sites for hydroxylation is 2. The lowest BCUT2D eigenvalue weighted by Crippen LogP contribution is -2.21. The average molecular weight is 358 g/mol. The van der Waals surface area contributed by atoms with Crippen LogP contribution in [0, 0.1) is 13.8 Å². The molecular formula is C24H27N3. The van der Waals surface area contributed by atoms with Gasteiger partial charge in [0.2, 0.25) is 0 Å². The lowest BCUT2D eigenvalue weighted by Gasteiger charge is -2.23. The molecule has 3 rings (SSSR count). The molecule has 0 spiro atoms. The van der Waals surface area contributed by atoms with Gasteiger partial charge in [-0.3, -0.25) is 5.43 Å². The summed E-state index contributed by atoms with van der Waals surface area (Å²) < 4.78 is 0. The molecule has 0 aliphatic carbocycles. The Morgan fingerprint density at radius 3 is 2.30 bits per heavy atom. The summed E-state index contributed by atoms with van der Waals surface area (Å²) in [6.07, 6.45) is 1.85. The molecule has 0 radical (unpaired) electrons. The maximum atomic E-state index is 4.36. The molecule has 0 heterocycles. The van der Waals surface area contributed by atoms with E-state index in [9.17, 15) is 0 Å². The Morgan fingerprint density at radius 1 is 0.889 bits per heavy atom. The van der Waals surface area contributed by atoms with Crippen molar-refractivity contribution in [3.05, 3.63) is 95.1 Å². The molecule has 27 heavy (non-hydrogen) atoms. The van der Waals surface area contributed by atoms with Crippen LogP contribution < -0.4 is 10.3 Å². The van der Waals surface area contributed by atoms with Crippen molar-refractivity contribution < 1.29 is 0 Å². The highest BCUT2D eigenvalue weighted by molar-refractivity contribution is 5.81. The summed E-state index contributed by atoms with van der Waals surface area (Å²) in [6, 6.07) is 25.4. The maximum absolute atomic E-state index is 4.36. The SMILES string of the molecule is CCN(Cc1ccccc1)c1ccc(/C=N/Nc2ccc(C)c(C)c2)cc1. The average Bonchev–Trinajstić information content (AvgIpc) is 2.70. The molecule has 0 unspecified atom stereocenters. The fourth-order valence-electron chi connectivity index (χ4n) is 2.95. The lowest BCUT2D eigenvalue weighted by molar-refractivity contribution is 0.832. The lowest BCUT2D eigenvalue weighted by atomic mass is 10.1. The zero-order chi connectivity index (χ0) is 19.1. The number of benzene rings is 3. The van der Waals surface area contributed by atoms with E-state index >= 15 is 0 Å². The largest absolute Gasteiger partial charge is 0.367 e. The number of hydrogen-bond donors (Lipinski definition) is 1. The fraction of sp³-hybridized carbons (Fsp3) is 0.208. The molecule has 0 fully saturated rings. The fourth-order valence-corrected chi connectivity index (χ4v) is 2.95. The van der Waals surface area contributed by atoms with Crippen LogP contribution in [0.4, 0.5) is 11.4 Å². The monoisotopic (exact) mass is 357 g/mol. The van der Waals surface area contributed by atoms with E-state index in [1.54, 1.807) is 0 Å². The van der Waals surface area contributed by atoms with E-state index in [1.165, 1.54) is 22.4 Å². The Labute approximate surface area is 162 Å². The molecule has 0 saturated carbocycles. The summed E-state index contributed by atoms with van der Waals surface area (Å²) in [5.74, 6) is 0. The highest BCUT2D eigenvalue weighted by Crippen LogP contribution is 2.18. The van der Waals surface area contributed by atoms with Crippen LogP contribution >= 0.6 is 0 Å². The first-order valence-electron chi connectivity index (χ1n) is 9.41. The van der Waals surface area contributed by atoms with Gasteiger partial charge in [0.15, 0.2) is 0 Å². The minimum Gasteiger partial charge on any atom is -0.367 e. The van der Waals surface area contributed by atoms with Crippen LogP contribution in [0.25, 0.3) is 0 Å². The highest BCUT2D eigenvalue weighted by atomic mass is 15.3. The minimum absolute atomic E-state index is 0.916. The Bertz CT molecular complexity index is 883. The molecule has 3 heteroatoms. The third-order valence-corrected chi connectivity index (χ3v) is 4.77. The predicted octanol–water partition coefficient (Wildman–Crippen LogP) is 5.78. The van der Waals surface area contributed by atoms with Gasteiger partial charge >= 0.3 is 0 Å². The van der Waals surface area contributed by atoms with E-state index in [1.807, 2.05) is 12.3 Å². The summed E-state index contributed by atoms with van der Waals surface area (Å²) in [6.45, 7) is 8.29. The number of hydrogen-bond acceptors (Lipinski definition) is 3. The Morgan fingerprint density at radius 2 is 1.63 bits per heavy atom. The molecule has 3 aromatic carbocycles. The van der Waals surface area contributed by atoms with Gasteiger partial charge in [0, 0.05) is 18.8 Å². The van der Waals surface area contributed by atoms with E-state index in [-0.39, 0.29) is 0 Å². The van der Waals surface area contributed by atoms with Gasteiger partial charge in [0.25, 0.3) is 0 Å². The number of hydrazone groups is 1. The van der Waals surface area contributed by atoms with E-state index in [0.29, 0.717) is 0 Å². The van der Waals surface area contributed by atoms with E-state index in [2.05, 4.69) is 103 Å². The van der Waals surface area contributed by atoms with E-state index < -0.39 is 0 Å². The highest BCUT2D eigenvalue weighted by Gasteiger charge is 2.05.